The third-order valence-electron chi connectivity index (χ3n) is 3.10. The lowest BCUT2D eigenvalue weighted by molar-refractivity contribution is 0.0696. The number of carboxylic acids is 1. The number of benzene rings is 1. The molecule has 19 heavy (non-hydrogen) atoms. The number of para-hydroxylation sites is 1. The molecule has 0 saturated heterocycles. The molecule has 0 fully saturated rings. The smallest absolute Gasteiger partial charge is 0.340 e. The standard InChI is InChI=1S/C14H15ClN2O2/c1-4-10-11(14(18)19)13(15)17(16-10)12-8(2)6-5-7-9(12)3/h5-7H,4H2,1-3H3,(H,18,19). The molecule has 0 unspecified atom stereocenters. The SMILES string of the molecule is CCc1nn(-c2c(C)cccc2C)c(Cl)c1C(=O)O. The second-order valence-corrected chi connectivity index (χ2v) is 4.78. The Kier molecular flexibility index (Phi) is 3.62. The van der Waals surface area contributed by atoms with Crippen LogP contribution in [0.4, 0.5) is 0 Å². The summed E-state index contributed by atoms with van der Waals surface area (Å²) < 4.78 is 1.52. The fourth-order valence-corrected chi connectivity index (χ4v) is 2.50. The third kappa shape index (κ3) is 2.24. The van der Waals surface area contributed by atoms with Crippen LogP contribution < -0.4 is 0 Å². The molecule has 100 valence electrons. The maximum absolute atomic E-state index is 11.3. The number of aromatic carboxylic acids is 1. The van der Waals surface area contributed by atoms with Crippen LogP contribution in [-0.4, -0.2) is 20.9 Å². The van der Waals surface area contributed by atoms with E-state index in [1.165, 1.54) is 4.68 Å². The topological polar surface area (TPSA) is 55.1 Å². The Bertz CT molecular complexity index is 627. The van der Waals surface area contributed by atoms with Crippen LogP contribution in [0.15, 0.2) is 18.2 Å². The molecule has 0 bridgehead atoms. The van der Waals surface area contributed by atoms with Crippen LogP contribution in [0.25, 0.3) is 5.69 Å². The van der Waals surface area contributed by atoms with Crippen LogP contribution in [0.5, 0.6) is 0 Å². The second-order valence-electron chi connectivity index (χ2n) is 4.42. The average molecular weight is 279 g/mol. The number of halogens is 1. The van der Waals surface area contributed by atoms with Crippen molar-refractivity contribution in [2.75, 3.05) is 0 Å². The van der Waals surface area contributed by atoms with E-state index in [-0.39, 0.29) is 10.7 Å². The van der Waals surface area contributed by atoms with Crippen LogP contribution in [0.1, 0.15) is 34.1 Å². The zero-order chi connectivity index (χ0) is 14.2. The van der Waals surface area contributed by atoms with Crippen molar-refractivity contribution in [3.05, 3.63) is 45.7 Å². The molecule has 4 nitrogen and oxygen atoms in total. The zero-order valence-corrected chi connectivity index (χ0v) is 11.8. The van der Waals surface area contributed by atoms with Crippen molar-refractivity contribution in [3.8, 4) is 5.69 Å². The van der Waals surface area contributed by atoms with E-state index in [1.807, 2.05) is 39.0 Å². The summed E-state index contributed by atoms with van der Waals surface area (Å²) in [6.07, 6.45) is 0.527. The first-order chi connectivity index (χ1) is 8.97. The maximum atomic E-state index is 11.3. The summed E-state index contributed by atoms with van der Waals surface area (Å²) in [5.74, 6) is -1.04. The van der Waals surface area contributed by atoms with Crippen molar-refractivity contribution in [3.63, 3.8) is 0 Å². The molecule has 0 aliphatic rings. The summed E-state index contributed by atoms with van der Waals surface area (Å²) in [5, 5.41) is 13.7. The molecule has 1 N–H and O–H groups in total. The lowest BCUT2D eigenvalue weighted by atomic mass is 10.1. The zero-order valence-electron chi connectivity index (χ0n) is 11.1. The van der Waals surface area contributed by atoms with Crippen LogP contribution in [0.3, 0.4) is 0 Å². The quantitative estimate of drug-likeness (QED) is 0.936. The highest BCUT2D eigenvalue weighted by Crippen LogP contribution is 2.27. The van der Waals surface area contributed by atoms with Crippen molar-refractivity contribution in [1.82, 2.24) is 9.78 Å². The van der Waals surface area contributed by atoms with Gasteiger partial charge in [0.05, 0.1) is 11.4 Å². The lowest BCUT2D eigenvalue weighted by Crippen LogP contribution is -2.03. The van der Waals surface area contributed by atoms with Crippen molar-refractivity contribution in [1.29, 1.82) is 0 Å². The maximum Gasteiger partial charge on any atom is 0.340 e. The van der Waals surface area contributed by atoms with Gasteiger partial charge in [-0.3, -0.25) is 0 Å². The lowest BCUT2D eigenvalue weighted by Gasteiger charge is -2.10. The highest BCUT2D eigenvalue weighted by atomic mass is 35.5. The molecule has 2 aromatic rings. The van der Waals surface area contributed by atoms with Crippen LogP contribution in [0.2, 0.25) is 5.15 Å². The largest absolute Gasteiger partial charge is 0.478 e. The van der Waals surface area contributed by atoms with E-state index in [2.05, 4.69) is 5.10 Å². The fourth-order valence-electron chi connectivity index (χ4n) is 2.19. The molecule has 0 atom stereocenters. The van der Waals surface area contributed by atoms with Gasteiger partial charge in [0.25, 0.3) is 0 Å². The Balaban J connectivity index is 2.74. The molecule has 1 aromatic carbocycles. The highest BCUT2D eigenvalue weighted by molar-refractivity contribution is 6.33. The van der Waals surface area contributed by atoms with Gasteiger partial charge in [-0.05, 0) is 31.4 Å². The Hall–Kier alpha value is -1.81. The summed E-state index contributed by atoms with van der Waals surface area (Å²) in [5.41, 5.74) is 3.44. The Morgan fingerprint density at radius 1 is 1.37 bits per heavy atom. The Morgan fingerprint density at radius 2 is 1.95 bits per heavy atom. The molecule has 0 aliphatic heterocycles. The molecule has 2 rings (SSSR count). The molecule has 0 radical (unpaired) electrons. The van der Waals surface area contributed by atoms with E-state index in [9.17, 15) is 9.90 Å². The Labute approximate surface area is 116 Å². The van der Waals surface area contributed by atoms with Gasteiger partial charge in [0.15, 0.2) is 0 Å². The molecule has 1 aromatic heterocycles. The molecule has 0 spiro atoms. The van der Waals surface area contributed by atoms with Gasteiger partial charge in [0.2, 0.25) is 0 Å². The molecule has 5 heteroatoms. The first-order valence-electron chi connectivity index (χ1n) is 6.04. The number of hydrogen-bond acceptors (Lipinski definition) is 2. The molecular weight excluding hydrogens is 264 g/mol. The number of aromatic nitrogens is 2. The van der Waals surface area contributed by atoms with E-state index in [0.717, 1.165) is 16.8 Å². The first kappa shape index (κ1) is 13.6. The predicted octanol–water partition coefficient (Wildman–Crippen LogP) is 3.40. The van der Waals surface area contributed by atoms with E-state index in [1.54, 1.807) is 0 Å². The number of carbonyl (C=O) groups is 1. The van der Waals surface area contributed by atoms with Crippen LogP contribution in [0, 0.1) is 13.8 Å². The molecule has 0 amide bonds. The highest BCUT2D eigenvalue weighted by Gasteiger charge is 2.23. The molecule has 0 aliphatic carbocycles. The van der Waals surface area contributed by atoms with Crippen LogP contribution in [-0.2, 0) is 6.42 Å². The number of rotatable bonds is 3. The summed E-state index contributed by atoms with van der Waals surface area (Å²) >= 11 is 6.20. The Morgan fingerprint density at radius 3 is 2.37 bits per heavy atom. The van der Waals surface area contributed by atoms with Gasteiger partial charge in [0, 0.05) is 0 Å². The minimum Gasteiger partial charge on any atom is -0.478 e. The third-order valence-corrected chi connectivity index (χ3v) is 3.45. The number of aryl methyl sites for hydroxylation is 3. The number of carboxylic acid groups (broad SMARTS) is 1. The van der Waals surface area contributed by atoms with Gasteiger partial charge < -0.3 is 5.11 Å². The van der Waals surface area contributed by atoms with Gasteiger partial charge in [-0.25, -0.2) is 9.48 Å². The van der Waals surface area contributed by atoms with E-state index in [4.69, 9.17) is 11.6 Å². The van der Waals surface area contributed by atoms with Gasteiger partial charge >= 0.3 is 5.97 Å². The van der Waals surface area contributed by atoms with Crippen molar-refractivity contribution >= 4 is 17.6 Å². The number of nitrogens with zero attached hydrogens (tertiary/aromatic N) is 2. The van der Waals surface area contributed by atoms with Gasteiger partial charge in [-0.15, -0.1) is 0 Å². The fraction of sp³-hybridized carbons (Fsp3) is 0.286. The minimum atomic E-state index is -1.04. The van der Waals surface area contributed by atoms with E-state index < -0.39 is 5.97 Å². The normalized spacial score (nSPS) is 10.7. The van der Waals surface area contributed by atoms with Crippen molar-refractivity contribution < 1.29 is 9.90 Å². The average Bonchev–Trinajstić information content (AvgIpc) is 2.66. The van der Waals surface area contributed by atoms with E-state index >= 15 is 0 Å². The first-order valence-corrected chi connectivity index (χ1v) is 6.42. The number of hydrogen-bond donors (Lipinski definition) is 1. The minimum absolute atomic E-state index is 0.0896. The van der Waals surface area contributed by atoms with Gasteiger partial charge in [0.1, 0.15) is 10.7 Å². The van der Waals surface area contributed by atoms with Gasteiger partial charge in [-0.2, -0.15) is 5.10 Å². The molecule has 0 saturated carbocycles. The monoisotopic (exact) mass is 278 g/mol. The predicted molar refractivity (Wildman–Crippen MR) is 74.4 cm³/mol. The molecule has 1 heterocycles. The summed E-state index contributed by atoms with van der Waals surface area (Å²) in [6, 6.07) is 5.85. The molecular formula is C14H15ClN2O2. The van der Waals surface area contributed by atoms with Crippen molar-refractivity contribution in [2.45, 2.75) is 27.2 Å². The van der Waals surface area contributed by atoms with Crippen molar-refractivity contribution in [2.24, 2.45) is 0 Å². The van der Waals surface area contributed by atoms with Gasteiger partial charge in [-0.1, -0.05) is 36.7 Å². The summed E-state index contributed by atoms with van der Waals surface area (Å²) in [4.78, 5) is 11.3. The second kappa shape index (κ2) is 5.05. The van der Waals surface area contributed by atoms with Crippen LogP contribution >= 0.6 is 11.6 Å². The van der Waals surface area contributed by atoms with E-state index in [0.29, 0.717) is 12.1 Å². The summed E-state index contributed by atoms with van der Waals surface area (Å²) in [6.45, 7) is 5.76. The summed E-state index contributed by atoms with van der Waals surface area (Å²) in [7, 11) is 0.